The third-order valence-corrected chi connectivity index (χ3v) is 3.60. The lowest BCUT2D eigenvalue weighted by molar-refractivity contribution is 0.142. The number of benzene rings is 1. The Kier molecular flexibility index (Phi) is 4.15. The van der Waals surface area contributed by atoms with Crippen molar-refractivity contribution in [1.29, 1.82) is 0 Å². The summed E-state index contributed by atoms with van der Waals surface area (Å²) in [7, 11) is 0. The Hall–Kier alpha value is -0.900. The fourth-order valence-electron chi connectivity index (χ4n) is 2.36. The maximum absolute atomic E-state index is 8.99. The van der Waals surface area contributed by atoms with Crippen molar-refractivity contribution < 1.29 is 10.2 Å². The van der Waals surface area contributed by atoms with Gasteiger partial charge in [0.1, 0.15) is 0 Å². The highest BCUT2D eigenvalue weighted by Gasteiger charge is 2.31. The first kappa shape index (κ1) is 12.6. The number of rotatable bonds is 5. The van der Waals surface area contributed by atoms with E-state index in [4.69, 9.17) is 10.2 Å². The SMILES string of the molecule is Cc1ccc(C2CC(NC(CO)CO)C2)cc1. The van der Waals surface area contributed by atoms with E-state index in [0.717, 1.165) is 12.8 Å². The molecule has 1 aliphatic rings. The number of aliphatic hydroxyl groups is 2. The molecule has 3 heteroatoms. The summed E-state index contributed by atoms with van der Waals surface area (Å²) in [4.78, 5) is 0. The van der Waals surface area contributed by atoms with Gasteiger partial charge in [0.15, 0.2) is 0 Å². The second-order valence-electron chi connectivity index (χ2n) is 5.00. The van der Waals surface area contributed by atoms with Gasteiger partial charge in [0.2, 0.25) is 0 Å². The standard InChI is InChI=1S/C14H21NO2/c1-10-2-4-11(5-3-10)12-6-13(7-12)15-14(8-16)9-17/h2-5,12-17H,6-9H2,1H3. The Morgan fingerprint density at radius 3 is 2.29 bits per heavy atom. The summed E-state index contributed by atoms with van der Waals surface area (Å²) in [5.41, 5.74) is 2.70. The van der Waals surface area contributed by atoms with Crippen LogP contribution in [-0.4, -0.2) is 35.5 Å². The lowest BCUT2D eigenvalue weighted by Gasteiger charge is -2.38. The van der Waals surface area contributed by atoms with E-state index in [9.17, 15) is 0 Å². The first-order chi connectivity index (χ1) is 8.22. The van der Waals surface area contributed by atoms with E-state index >= 15 is 0 Å². The third kappa shape index (κ3) is 3.06. The van der Waals surface area contributed by atoms with Gasteiger partial charge in [0.05, 0.1) is 19.3 Å². The molecule has 0 atom stereocenters. The van der Waals surface area contributed by atoms with E-state index in [-0.39, 0.29) is 19.3 Å². The molecule has 1 aromatic carbocycles. The van der Waals surface area contributed by atoms with Crippen molar-refractivity contribution in [1.82, 2.24) is 5.32 Å². The normalized spacial score (nSPS) is 23.8. The van der Waals surface area contributed by atoms with E-state index in [1.807, 2.05) is 0 Å². The maximum Gasteiger partial charge on any atom is 0.0607 e. The van der Waals surface area contributed by atoms with Crippen molar-refractivity contribution in [2.45, 2.75) is 37.8 Å². The molecule has 1 fully saturated rings. The Morgan fingerprint density at radius 2 is 1.76 bits per heavy atom. The fraction of sp³-hybridized carbons (Fsp3) is 0.571. The molecule has 1 saturated carbocycles. The van der Waals surface area contributed by atoms with Crippen molar-refractivity contribution >= 4 is 0 Å². The second-order valence-corrected chi connectivity index (χ2v) is 5.00. The minimum atomic E-state index is -0.168. The maximum atomic E-state index is 8.99. The van der Waals surface area contributed by atoms with Crippen LogP contribution in [0.5, 0.6) is 0 Å². The van der Waals surface area contributed by atoms with Crippen LogP contribution in [-0.2, 0) is 0 Å². The highest BCUT2D eigenvalue weighted by molar-refractivity contribution is 5.26. The van der Waals surface area contributed by atoms with Gasteiger partial charge < -0.3 is 15.5 Å². The molecule has 0 saturated heterocycles. The molecule has 0 unspecified atom stereocenters. The molecule has 0 spiro atoms. The summed E-state index contributed by atoms with van der Waals surface area (Å²) in [6.07, 6.45) is 2.19. The summed E-state index contributed by atoms with van der Waals surface area (Å²) in [5, 5.41) is 21.2. The zero-order valence-corrected chi connectivity index (χ0v) is 10.3. The van der Waals surface area contributed by atoms with Gasteiger partial charge in [-0.3, -0.25) is 0 Å². The van der Waals surface area contributed by atoms with Crippen LogP contribution in [0, 0.1) is 6.92 Å². The van der Waals surface area contributed by atoms with Gasteiger partial charge in [-0.1, -0.05) is 29.8 Å². The van der Waals surface area contributed by atoms with E-state index in [1.54, 1.807) is 0 Å². The highest BCUT2D eigenvalue weighted by atomic mass is 16.3. The molecule has 94 valence electrons. The summed E-state index contributed by atoms with van der Waals surface area (Å²) in [6.45, 7) is 2.10. The van der Waals surface area contributed by atoms with Crippen molar-refractivity contribution in [3.05, 3.63) is 35.4 Å². The smallest absolute Gasteiger partial charge is 0.0607 e. The number of aryl methyl sites for hydroxylation is 1. The first-order valence-electron chi connectivity index (χ1n) is 6.27. The van der Waals surface area contributed by atoms with Crippen LogP contribution in [0.2, 0.25) is 0 Å². The molecular formula is C14H21NO2. The molecule has 0 bridgehead atoms. The van der Waals surface area contributed by atoms with Crippen molar-refractivity contribution in [2.75, 3.05) is 13.2 Å². The topological polar surface area (TPSA) is 52.5 Å². The molecule has 17 heavy (non-hydrogen) atoms. The van der Waals surface area contributed by atoms with E-state index in [1.165, 1.54) is 11.1 Å². The van der Waals surface area contributed by atoms with Crippen LogP contribution in [0.25, 0.3) is 0 Å². The van der Waals surface area contributed by atoms with Gasteiger partial charge >= 0.3 is 0 Å². The molecule has 2 rings (SSSR count). The number of nitrogens with one attached hydrogen (secondary N) is 1. The zero-order chi connectivity index (χ0) is 12.3. The quantitative estimate of drug-likeness (QED) is 0.718. The number of hydrogen-bond acceptors (Lipinski definition) is 3. The Morgan fingerprint density at radius 1 is 1.18 bits per heavy atom. The Balaban J connectivity index is 1.80. The molecule has 1 aliphatic carbocycles. The number of hydrogen-bond donors (Lipinski definition) is 3. The van der Waals surface area contributed by atoms with Crippen LogP contribution in [0.4, 0.5) is 0 Å². The molecule has 1 aromatic rings. The highest BCUT2D eigenvalue weighted by Crippen LogP contribution is 2.37. The molecule has 0 aliphatic heterocycles. The van der Waals surface area contributed by atoms with Gasteiger partial charge in [-0.2, -0.15) is 0 Å². The van der Waals surface area contributed by atoms with E-state index in [2.05, 4.69) is 36.5 Å². The van der Waals surface area contributed by atoms with Crippen molar-refractivity contribution in [2.24, 2.45) is 0 Å². The minimum absolute atomic E-state index is 0.00218. The largest absolute Gasteiger partial charge is 0.395 e. The molecule has 0 amide bonds. The molecule has 0 radical (unpaired) electrons. The van der Waals surface area contributed by atoms with Crippen LogP contribution in [0.15, 0.2) is 24.3 Å². The monoisotopic (exact) mass is 235 g/mol. The zero-order valence-electron chi connectivity index (χ0n) is 10.3. The summed E-state index contributed by atoms with van der Waals surface area (Å²) in [5.74, 6) is 0.631. The summed E-state index contributed by atoms with van der Waals surface area (Å²) in [6, 6.07) is 8.97. The van der Waals surface area contributed by atoms with Gasteiger partial charge in [0, 0.05) is 6.04 Å². The lowest BCUT2D eigenvalue weighted by atomic mass is 9.75. The van der Waals surface area contributed by atoms with Crippen LogP contribution in [0.3, 0.4) is 0 Å². The molecule has 0 aromatic heterocycles. The van der Waals surface area contributed by atoms with Gasteiger partial charge in [-0.15, -0.1) is 0 Å². The second kappa shape index (κ2) is 5.63. The summed E-state index contributed by atoms with van der Waals surface area (Å²) < 4.78 is 0. The van der Waals surface area contributed by atoms with E-state index in [0.29, 0.717) is 12.0 Å². The number of aliphatic hydroxyl groups excluding tert-OH is 2. The predicted octanol–water partition coefficient (Wildman–Crippen LogP) is 1.18. The van der Waals surface area contributed by atoms with Crippen LogP contribution >= 0.6 is 0 Å². The van der Waals surface area contributed by atoms with Crippen LogP contribution < -0.4 is 5.32 Å². The Labute approximate surface area is 102 Å². The van der Waals surface area contributed by atoms with Crippen molar-refractivity contribution in [3.63, 3.8) is 0 Å². The van der Waals surface area contributed by atoms with E-state index < -0.39 is 0 Å². The average Bonchev–Trinajstić information content (AvgIpc) is 2.30. The van der Waals surface area contributed by atoms with Gasteiger partial charge in [-0.25, -0.2) is 0 Å². The molecule has 3 N–H and O–H groups in total. The molecule has 3 nitrogen and oxygen atoms in total. The summed E-state index contributed by atoms with van der Waals surface area (Å²) >= 11 is 0. The third-order valence-electron chi connectivity index (χ3n) is 3.60. The van der Waals surface area contributed by atoms with Crippen LogP contribution in [0.1, 0.15) is 29.9 Å². The minimum Gasteiger partial charge on any atom is -0.395 e. The average molecular weight is 235 g/mol. The van der Waals surface area contributed by atoms with Gasteiger partial charge in [-0.05, 0) is 31.2 Å². The Bertz CT molecular complexity index is 340. The fourth-order valence-corrected chi connectivity index (χ4v) is 2.36. The predicted molar refractivity (Wildman–Crippen MR) is 68.0 cm³/mol. The lowest BCUT2D eigenvalue weighted by Crippen LogP contribution is -2.48. The van der Waals surface area contributed by atoms with Gasteiger partial charge in [0.25, 0.3) is 0 Å². The molecule has 0 heterocycles. The molecular weight excluding hydrogens is 214 g/mol. The van der Waals surface area contributed by atoms with Crippen molar-refractivity contribution in [3.8, 4) is 0 Å². The first-order valence-corrected chi connectivity index (χ1v) is 6.27.